The number of nitrogens with one attached hydrogen (secondary N) is 2. The molecule has 0 atom stereocenters. The van der Waals surface area contributed by atoms with Crippen molar-refractivity contribution in [3.8, 4) is 0 Å². The Balaban J connectivity index is 1.73. The number of aryl methyl sites for hydroxylation is 1. The lowest BCUT2D eigenvalue weighted by atomic mass is 10.1. The molecule has 0 radical (unpaired) electrons. The fourth-order valence-electron chi connectivity index (χ4n) is 3.36. The second-order valence-electron chi connectivity index (χ2n) is 6.54. The van der Waals surface area contributed by atoms with Crippen LogP contribution in [0, 0.1) is 12.8 Å². The van der Waals surface area contributed by atoms with Gasteiger partial charge in [0.1, 0.15) is 0 Å². The normalized spacial score (nSPS) is 18.9. The summed E-state index contributed by atoms with van der Waals surface area (Å²) >= 11 is 0. The van der Waals surface area contributed by atoms with E-state index in [4.69, 9.17) is 0 Å². The second kappa shape index (κ2) is 7.13. The van der Waals surface area contributed by atoms with Crippen molar-refractivity contribution in [3.05, 3.63) is 29.3 Å². The molecule has 1 heterocycles. The van der Waals surface area contributed by atoms with E-state index in [2.05, 4.69) is 10.6 Å². The maximum Gasteiger partial charge on any atom is 0.254 e. The van der Waals surface area contributed by atoms with Gasteiger partial charge in [0.15, 0.2) is 0 Å². The Kier molecular flexibility index (Phi) is 4.96. The summed E-state index contributed by atoms with van der Waals surface area (Å²) in [5.74, 6) is 0.266. The fourth-order valence-corrected chi connectivity index (χ4v) is 3.36. The molecular weight excluding hydrogens is 290 g/mol. The maximum absolute atomic E-state index is 12.6. The minimum atomic E-state index is 0.0443. The lowest BCUT2D eigenvalue weighted by molar-refractivity contribution is -0.119. The van der Waals surface area contributed by atoms with E-state index in [1.54, 1.807) is 0 Å². The molecule has 23 heavy (non-hydrogen) atoms. The van der Waals surface area contributed by atoms with Crippen molar-refractivity contribution in [2.45, 2.75) is 32.6 Å². The smallest absolute Gasteiger partial charge is 0.254 e. The second-order valence-corrected chi connectivity index (χ2v) is 6.54. The molecule has 5 nitrogen and oxygen atoms in total. The molecule has 124 valence electrons. The van der Waals surface area contributed by atoms with E-state index in [1.807, 2.05) is 30.0 Å². The molecule has 1 aromatic rings. The molecule has 1 saturated carbocycles. The number of piperazine rings is 1. The Labute approximate surface area is 137 Å². The van der Waals surface area contributed by atoms with Crippen molar-refractivity contribution >= 4 is 17.5 Å². The predicted octanol–water partition coefficient (Wildman–Crippen LogP) is 2.17. The number of nitrogens with zero attached hydrogens (tertiary/aromatic N) is 1. The monoisotopic (exact) mass is 315 g/mol. The molecule has 3 rings (SSSR count). The van der Waals surface area contributed by atoms with E-state index >= 15 is 0 Å². The van der Waals surface area contributed by atoms with Crippen LogP contribution >= 0.6 is 0 Å². The first-order valence-corrected chi connectivity index (χ1v) is 8.56. The molecule has 1 aliphatic heterocycles. The van der Waals surface area contributed by atoms with Crippen LogP contribution in [0.4, 0.5) is 5.69 Å². The molecule has 1 saturated heterocycles. The third-order valence-corrected chi connectivity index (χ3v) is 4.87. The van der Waals surface area contributed by atoms with Gasteiger partial charge < -0.3 is 15.5 Å². The first-order chi connectivity index (χ1) is 11.1. The molecule has 0 bridgehead atoms. The fraction of sp³-hybridized carbons (Fsp3) is 0.556. The SMILES string of the molecule is Cc1ccc(C(=O)N2CCNCC2)cc1NC(=O)C1CCCC1. The zero-order chi connectivity index (χ0) is 16.2. The molecule has 0 spiro atoms. The number of amides is 2. The van der Waals surface area contributed by atoms with Gasteiger partial charge in [0.05, 0.1) is 0 Å². The molecule has 5 heteroatoms. The van der Waals surface area contributed by atoms with E-state index in [9.17, 15) is 9.59 Å². The first kappa shape index (κ1) is 16.0. The zero-order valence-corrected chi connectivity index (χ0v) is 13.7. The number of anilines is 1. The van der Waals surface area contributed by atoms with Crippen LogP contribution in [0.25, 0.3) is 0 Å². The summed E-state index contributed by atoms with van der Waals surface area (Å²) in [6, 6.07) is 5.59. The van der Waals surface area contributed by atoms with Crippen LogP contribution < -0.4 is 10.6 Å². The lowest BCUT2D eigenvalue weighted by Crippen LogP contribution is -2.46. The van der Waals surface area contributed by atoms with Crippen LogP contribution in [0.2, 0.25) is 0 Å². The summed E-state index contributed by atoms with van der Waals surface area (Å²) in [6.07, 6.45) is 4.23. The van der Waals surface area contributed by atoms with Gasteiger partial charge >= 0.3 is 0 Å². The third-order valence-electron chi connectivity index (χ3n) is 4.87. The Morgan fingerprint density at radius 1 is 1.17 bits per heavy atom. The largest absolute Gasteiger partial charge is 0.336 e. The van der Waals surface area contributed by atoms with Crippen LogP contribution in [-0.2, 0) is 4.79 Å². The number of hydrogen-bond acceptors (Lipinski definition) is 3. The third kappa shape index (κ3) is 3.72. The van der Waals surface area contributed by atoms with E-state index in [-0.39, 0.29) is 17.7 Å². The molecule has 2 fully saturated rings. The Morgan fingerprint density at radius 3 is 2.57 bits per heavy atom. The minimum Gasteiger partial charge on any atom is -0.336 e. The highest BCUT2D eigenvalue weighted by Crippen LogP contribution is 2.27. The van der Waals surface area contributed by atoms with Crippen molar-refractivity contribution in [2.75, 3.05) is 31.5 Å². The Bertz CT molecular complexity index is 588. The van der Waals surface area contributed by atoms with Gasteiger partial charge in [0.2, 0.25) is 5.91 Å². The van der Waals surface area contributed by atoms with E-state index in [0.29, 0.717) is 5.56 Å². The van der Waals surface area contributed by atoms with Crippen LogP contribution in [0.5, 0.6) is 0 Å². The van der Waals surface area contributed by atoms with Crippen LogP contribution in [0.1, 0.15) is 41.6 Å². The first-order valence-electron chi connectivity index (χ1n) is 8.56. The highest BCUT2D eigenvalue weighted by Gasteiger charge is 2.24. The predicted molar refractivity (Wildman–Crippen MR) is 90.5 cm³/mol. The molecule has 2 aliphatic rings. The lowest BCUT2D eigenvalue weighted by Gasteiger charge is -2.27. The van der Waals surface area contributed by atoms with Gasteiger partial charge in [-0.25, -0.2) is 0 Å². The minimum absolute atomic E-state index is 0.0443. The number of carbonyl (C=O) groups is 2. The van der Waals surface area contributed by atoms with Gasteiger partial charge in [-0.1, -0.05) is 18.9 Å². The van der Waals surface area contributed by atoms with E-state index < -0.39 is 0 Å². The quantitative estimate of drug-likeness (QED) is 0.898. The van der Waals surface area contributed by atoms with Gasteiger partial charge in [0, 0.05) is 43.3 Å². The van der Waals surface area contributed by atoms with E-state index in [1.165, 1.54) is 0 Å². The molecular formula is C18H25N3O2. The van der Waals surface area contributed by atoms with Gasteiger partial charge in [-0.15, -0.1) is 0 Å². The summed E-state index contributed by atoms with van der Waals surface area (Å²) in [4.78, 5) is 26.8. The molecule has 0 unspecified atom stereocenters. The van der Waals surface area contributed by atoms with Gasteiger partial charge in [-0.3, -0.25) is 9.59 Å². The standard InChI is InChI=1S/C18H25N3O2/c1-13-6-7-15(18(23)21-10-8-19-9-11-21)12-16(13)20-17(22)14-4-2-3-5-14/h6-7,12,14,19H,2-5,8-11H2,1H3,(H,20,22). The van der Waals surface area contributed by atoms with E-state index in [0.717, 1.165) is 63.1 Å². The highest BCUT2D eigenvalue weighted by molar-refractivity contribution is 5.98. The summed E-state index contributed by atoms with van der Waals surface area (Å²) in [5.41, 5.74) is 2.41. The molecule has 1 aliphatic carbocycles. The summed E-state index contributed by atoms with van der Waals surface area (Å²) in [7, 11) is 0. The number of benzene rings is 1. The van der Waals surface area contributed by atoms with Crippen molar-refractivity contribution in [3.63, 3.8) is 0 Å². The highest BCUT2D eigenvalue weighted by atomic mass is 16.2. The van der Waals surface area contributed by atoms with Gasteiger partial charge in [0.25, 0.3) is 5.91 Å². The molecule has 0 aromatic heterocycles. The van der Waals surface area contributed by atoms with Crippen molar-refractivity contribution < 1.29 is 9.59 Å². The van der Waals surface area contributed by atoms with Gasteiger partial charge in [-0.05, 0) is 37.5 Å². The summed E-state index contributed by atoms with van der Waals surface area (Å²) in [6.45, 7) is 5.10. The average Bonchev–Trinajstić information content (AvgIpc) is 3.11. The Morgan fingerprint density at radius 2 is 1.87 bits per heavy atom. The summed E-state index contributed by atoms with van der Waals surface area (Å²) < 4.78 is 0. The summed E-state index contributed by atoms with van der Waals surface area (Å²) in [5, 5.41) is 6.28. The molecule has 2 amide bonds. The molecule has 2 N–H and O–H groups in total. The topological polar surface area (TPSA) is 61.4 Å². The average molecular weight is 315 g/mol. The van der Waals surface area contributed by atoms with Crippen LogP contribution in [0.15, 0.2) is 18.2 Å². The number of hydrogen-bond donors (Lipinski definition) is 2. The van der Waals surface area contributed by atoms with Crippen LogP contribution in [-0.4, -0.2) is 42.9 Å². The van der Waals surface area contributed by atoms with Gasteiger partial charge in [-0.2, -0.15) is 0 Å². The maximum atomic E-state index is 12.6. The van der Waals surface area contributed by atoms with Crippen molar-refractivity contribution in [1.82, 2.24) is 10.2 Å². The number of carbonyl (C=O) groups excluding carboxylic acids is 2. The zero-order valence-electron chi connectivity index (χ0n) is 13.7. The molecule has 1 aromatic carbocycles. The van der Waals surface area contributed by atoms with Crippen molar-refractivity contribution in [2.24, 2.45) is 5.92 Å². The Hall–Kier alpha value is -1.88. The number of rotatable bonds is 3. The van der Waals surface area contributed by atoms with Crippen molar-refractivity contribution in [1.29, 1.82) is 0 Å². The van der Waals surface area contributed by atoms with Crippen LogP contribution in [0.3, 0.4) is 0 Å².